The van der Waals surface area contributed by atoms with Crippen LogP contribution in [0.3, 0.4) is 0 Å². The molecule has 0 saturated carbocycles. The molecular formula is C27H23FN4O5S. The van der Waals surface area contributed by atoms with Gasteiger partial charge < -0.3 is 10.1 Å². The number of anilines is 2. The molecule has 1 saturated heterocycles. The van der Waals surface area contributed by atoms with Crippen LogP contribution in [0.25, 0.3) is 0 Å². The minimum Gasteiger partial charge on any atom is -0.462 e. The number of thiocarbonyl (C=S) groups is 1. The summed E-state index contributed by atoms with van der Waals surface area (Å²) in [5.41, 5.74) is 3.68. The Labute approximate surface area is 223 Å². The third-order valence-corrected chi connectivity index (χ3v) is 5.98. The van der Waals surface area contributed by atoms with Gasteiger partial charge in [-0.15, -0.1) is 0 Å². The van der Waals surface area contributed by atoms with Crippen molar-refractivity contribution in [2.75, 3.05) is 16.8 Å². The Morgan fingerprint density at radius 2 is 1.68 bits per heavy atom. The lowest BCUT2D eigenvalue weighted by Gasteiger charge is -2.24. The van der Waals surface area contributed by atoms with Crippen molar-refractivity contribution in [2.45, 2.75) is 19.4 Å². The van der Waals surface area contributed by atoms with Crippen LogP contribution in [0.2, 0.25) is 0 Å². The minimum atomic E-state index is -1.19. The topological polar surface area (TPSA) is 108 Å². The number of amides is 3. The lowest BCUT2D eigenvalue weighted by Crippen LogP contribution is -2.49. The Hall–Kier alpha value is -4.64. The first-order chi connectivity index (χ1) is 18.3. The van der Waals surface area contributed by atoms with Crippen molar-refractivity contribution in [1.29, 1.82) is 0 Å². The van der Waals surface area contributed by atoms with Crippen LogP contribution in [-0.4, -0.2) is 46.5 Å². The molecule has 3 amide bonds. The number of carbonyl (C=O) groups is 4. The summed E-state index contributed by atoms with van der Waals surface area (Å²) in [6.45, 7) is 1.90. The van der Waals surface area contributed by atoms with Gasteiger partial charge in [-0.2, -0.15) is 0 Å². The third kappa shape index (κ3) is 5.84. The molecule has 3 aromatic rings. The molecule has 1 atom stereocenters. The number of rotatable bonds is 8. The average Bonchev–Trinajstić information content (AvgIpc) is 3.13. The molecule has 2 N–H and O–H groups in total. The van der Waals surface area contributed by atoms with E-state index in [0.717, 1.165) is 16.0 Å². The zero-order chi connectivity index (χ0) is 27.2. The van der Waals surface area contributed by atoms with Crippen molar-refractivity contribution < 1.29 is 28.3 Å². The number of nitrogens with zero attached hydrogens (tertiary/aromatic N) is 2. The number of nitrogens with one attached hydrogen (secondary N) is 2. The number of para-hydroxylation sites is 1. The summed E-state index contributed by atoms with van der Waals surface area (Å²) < 4.78 is 18.7. The van der Waals surface area contributed by atoms with Gasteiger partial charge in [-0.05, 0) is 73.7 Å². The molecule has 1 fully saturated rings. The molecule has 0 radical (unpaired) electrons. The van der Waals surface area contributed by atoms with Crippen molar-refractivity contribution in [2.24, 2.45) is 0 Å². The van der Waals surface area contributed by atoms with Gasteiger partial charge in [0.2, 0.25) is 11.0 Å². The van der Waals surface area contributed by atoms with Gasteiger partial charge in [-0.3, -0.25) is 24.7 Å². The van der Waals surface area contributed by atoms with Crippen molar-refractivity contribution in [1.82, 2.24) is 10.4 Å². The molecule has 1 unspecified atom stereocenters. The van der Waals surface area contributed by atoms with E-state index >= 15 is 0 Å². The van der Waals surface area contributed by atoms with Gasteiger partial charge in [0.15, 0.2) is 0 Å². The van der Waals surface area contributed by atoms with Crippen molar-refractivity contribution in [3.8, 4) is 0 Å². The predicted octanol–water partition coefficient (Wildman–Crippen LogP) is 3.68. The maximum Gasteiger partial charge on any atom is 0.338 e. The molecule has 3 aromatic carbocycles. The van der Waals surface area contributed by atoms with Gasteiger partial charge in [-0.25, -0.2) is 14.2 Å². The maximum absolute atomic E-state index is 13.7. The van der Waals surface area contributed by atoms with Crippen LogP contribution in [0, 0.1) is 5.82 Å². The first kappa shape index (κ1) is 26.4. The zero-order valence-corrected chi connectivity index (χ0v) is 21.0. The fourth-order valence-electron chi connectivity index (χ4n) is 3.81. The number of hydrogen-bond donors (Lipinski definition) is 2. The largest absolute Gasteiger partial charge is 0.462 e. The van der Waals surface area contributed by atoms with E-state index in [1.54, 1.807) is 37.3 Å². The molecular weight excluding hydrogens is 511 g/mol. The van der Waals surface area contributed by atoms with Crippen molar-refractivity contribution in [3.05, 3.63) is 95.8 Å². The van der Waals surface area contributed by atoms with Crippen LogP contribution in [0.15, 0.2) is 78.9 Å². The molecule has 0 bridgehead atoms. The van der Waals surface area contributed by atoms with Crippen LogP contribution in [0.1, 0.15) is 34.1 Å². The predicted molar refractivity (Wildman–Crippen MR) is 142 cm³/mol. The number of benzene rings is 3. The molecule has 38 heavy (non-hydrogen) atoms. The number of hydrogen-bond acceptors (Lipinski definition) is 6. The van der Waals surface area contributed by atoms with Crippen molar-refractivity contribution >= 4 is 52.4 Å². The van der Waals surface area contributed by atoms with Gasteiger partial charge in [-0.1, -0.05) is 24.3 Å². The van der Waals surface area contributed by atoms with Crippen LogP contribution in [-0.2, 0) is 14.3 Å². The van der Waals surface area contributed by atoms with E-state index in [4.69, 9.17) is 17.0 Å². The highest BCUT2D eigenvalue weighted by Crippen LogP contribution is 2.27. The summed E-state index contributed by atoms with van der Waals surface area (Å²) in [5, 5.41) is 3.73. The Morgan fingerprint density at radius 3 is 2.34 bits per heavy atom. The highest BCUT2D eigenvalue weighted by Gasteiger charge is 2.45. The van der Waals surface area contributed by atoms with E-state index < -0.39 is 35.5 Å². The Bertz CT molecular complexity index is 1380. The normalized spacial score (nSPS) is 14.8. The van der Waals surface area contributed by atoms with Crippen LogP contribution < -0.4 is 15.6 Å². The minimum absolute atomic E-state index is 0.00461. The van der Waals surface area contributed by atoms with Crippen molar-refractivity contribution in [3.63, 3.8) is 0 Å². The number of hydrazine groups is 1. The Balaban J connectivity index is 1.60. The molecule has 194 valence electrons. The van der Waals surface area contributed by atoms with E-state index in [1.165, 1.54) is 42.5 Å². The number of halogens is 1. The number of carbonyl (C=O) groups excluding carboxylic acids is 4. The average molecular weight is 535 g/mol. The van der Waals surface area contributed by atoms with Gasteiger partial charge in [0, 0.05) is 11.3 Å². The third-order valence-electron chi connectivity index (χ3n) is 5.60. The van der Waals surface area contributed by atoms with Crippen LogP contribution >= 0.6 is 12.2 Å². The van der Waals surface area contributed by atoms with Crippen LogP contribution in [0.5, 0.6) is 0 Å². The zero-order valence-electron chi connectivity index (χ0n) is 20.2. The lowest BCUT2D eigenvalue weighted by molar-refractivity contribution is -0.124. The second-order valence-electron chi connectivity index (χ2n) is 8.18. The highest BCUT2D eigenvalue weighted by molar-refractivity contribution is 7.80. The first-order valence-electron chi connectivity index (χ1n) is 11.6. The second kappa shape index (κ2) is 11.6. The first-order valence-corrected chi connectivity index (χ1v) is 12.0. The fraction of sp³-hybridized carbons (Fsp3) is 0.148. The summed E-state index contributed by atoms with van der Waals surface area (Å²) >= 11 is 5.52. The van der Waals surface area contributed by atoms with Gasteiger partial charge >= 0.3 is 5.97 Å². The molecule has 1 heterocycles. The van der Waals surface area contributed by atoms with E-state index in [0.29, 0.717) is 11.4 Å². The Kier molecular flexibility index (Phi) is 8.07. The van der Waals surface area contributed by atoms with Gasteiger partial charge in [0.25, 0.3) is 11.8 Å². The van der Waals surface area contributed by atoms with Gasteiger partial charge in [0.1, 0.15) is 11.9 Å². The molecule has 4 rings (SSSR count). The summed E-state index contributed by atoms with van der Waals surface area (Å²) in [6.07, 6.45) is -0.339. The quantitative estimate of drug-likeness (QED) is 0.335. The van der Waals surface area contributed by atoms with E-state index in [-0.39, 0.29) is 29.3 Å². The second-order valence-corrected chi connectivity index (χ2v) is 8.54. The standard InChI is InChI=1S/C27H23FN4O5S/c1-2-37-26(36)17-11-13-21(14-12-17)31-25(35)22(16-23(33)29-20-9-4-3-5-10-20)32(27(31)38)30-24(34)18-7-6-8-19(28)15-18/h3-15,22H,2,16H2,1H3,(H,29,33)(H,30,34). The number of ether oxygens (including phenoxy) is 1. The van der Waals surface area contributed by atoms with E-state index in [9.17, 15) is 23.6 Å². The Morgan fingerprint density at radius 1 is 0.974 bits per heavy atom. The van der Waals surface area contributed by atoms with Crippen LogP contribution in [0.4, 0.5) is 15.8 Å². The smallest absolute Gasteiger partial charge is 0.338 e. The molecule has 1 aliphatic heterocycles. The molecule has 0 aliphatic carbocycles. The summed E-state index contributed by atoms with van der Waals surface area (Å²) in [5.74, 6) is -2.90. The van der Waals surface area contributed by atoms with E-state index in [1.807, 2.05) is 0 Å². The number of esters is 1. The summed E-state index contributed by atoms with van der Waals surface area (Å²) in [7, 11) is 0. The molecule has 11 heteroatoms. The lowest BCUT2D eigenvalue weighted by atomic mass is 10.1. The maximum atomic E-state index is 13.7. The summed E-state index contributed by atoms with van der Waals surface area (Å²) in [4.78, 5) is 52.4. The highest BCUT2D eigenvalue weighted by atomic mass is 32.1. The fourth-order valence-corrected chi connectivity index (χ4v) is 4.18. The molecule has 0 aromatic heterocycles. The molecule has 9 nitrogen and oxygen atoms in total. The monoisotopic (exact) mass is 534 g/mol. The van der Waals surface area contributed by atoms with Gasteiger partial charge in [0.05, 0.1) is 24.3 Å². The van der Waals surface area contributed by atoms with E-state index in [2.05, 4.69) is 10.7 Å². The molecule has 0 spiro atoms. The molecule has 1 aliphatic rings. The SMILES string of the molecule is CCOC(=O)c1ccc(N2C(=O)C(CC(=O)Nc3ccccc3)N(NC(=O)c3cccc(F)c3)C2=S)cc1. The summed E-state index contributed by atoms with van der Waals surface area (Å²) in [6, 6.07) is 18.5.